The fraction of sp³-hybridized carbons (Fsp3) is 0.905. The summed E-state index contributed by atoms with van der Waals surface area (Å²) >= 11 is 0. The first kappa shape index (κ1) is 24.0. The number of rotatable bonds is 6. The van der Waals surface area contributed by atoms with Crippen molar-refractivity contribution < 1.29 is 53.4 Å². The highest BCUT2D eigenvalue weighted by Gasteiger charge is 2.72. The number of carbonyl (C=O) groups excluding carboxylic acids is 2. The van der Waals surface area contributed by atoms with Crippen molar-refractivity contribution in [1.29, 1.82) is 0 Å². The molecule has 0 amide bonds. The van der Waals surface area contributed by atoms with Crippen LogP contribution in [0.1, 0.15) is 44.9 Å². The highest BCUT2D eigenvalue weighted by atomic mass is 32.2. The molecule has 0 radical (unpaired) electrons. The first-order valence-corrected chi connectivity index (χ1v) is 14.8. The largest absolute Gasteiger partial charge is 0.459 e. The SMILES string of the molecule is O=C(OCC(F)(F)S(=O)(=O)O)C1C2CC3C(OS(=O)(=O)C31)C2OC(=O)C12CC3CC(CC(C3)C1)C2. The molecule has 10 nitrogen and oxygen atoms in total. The summed E-state index contributed by atoms with van der Waals surface area (Å²) in [6, 6.07) is 0. The molecule has 196 valence electrons. The smallest absolute Gasteiger partial charge is 0.402 e. The minimum atomic E-state index is -5.84. The lowest BCUT2D eigenvalue weighted by Gasteiger charge is -2.55. The van der Waals surface area contributed by atoms with Crippen molar-refractivity contribution in [3.05, 3.63) is 0 Å². The van der Waals surface area contributed by atoms with Crippen LogP contribution in [0.3, 0.4) is 0 Å². The van der Waals surface area contributed by atoms with Crippen LogP contribution in [0.25, 0.3) is 0 Å². The number of alkyl halides is 2. The minimum absolute atomic E-state index is 0.168. The molecule has 1 heterocycles. The van der Waals surface area contributed by atoms with Crippen molar-refractivity contribution in [3.8, 4) is 0 Å². The van der Waals surface area contributed by atoms with E-state index in [1.165, 1.54) is 0 Å². The zero-order valence-electron chi connectivity index (χ0n) is 18.5. The van der Waals surface area contributed by atoms with Gasteiger partial charge in [-0.2, -0.15) is 25.6 Å². The van der Waals surface area contributed by atoms with Crippen LogP contribution in [0, 0.1) is 40.9 Å². The monoisotopic (exact) mass is 540 g/mol. The van der Waals surface area contributed by atoms with Crippen molar-refractivity contribution in [2.45, 2.75) is 67.7 Å². The summed E-state index contributed by atoms with van der Waals surface area (Å²) in [5.41, 5.74) is -0.624. The maximum Gasteiger partial charge on any atom is 0.402 e. The standard InChI is InChI=1S/C21H26F2O10S2/c22-21(23,35(28,29)30)8-31-18(24)14-12-4-13-16(33-34(26,27)17(13)14)15(12)32-19(25)20-5-9-1-10(6-20)3-11(2-9)7-20/h9-17H,1-8H2,(H,28,29,30). The van der Waals surface area contributed by atoms with Gasteiger partial charge in [-0.1, -0.05) is 0 Å². The fourth-order valence-corrected chi connectivity index (χ4v) is 10.7. The van der Waals surface area contributed by atoms with Gasteiger partial charge in [0, 0.05) is 11.8 Å². The van der Waals surface area contributed by atoms with E-state index in [1.54, 1.807) is 0 Å². The number of hydrogen-bond donors (Lipinski definition) is 1. The number of hydrogen-bond acceptors (Lipinski definition) is 9. The summed E-state index contributed by atoms with van der Waals surface area (Å²) in [5, 5.41) is -6.10. The van der Waals surface area contributed by atoms with Crippen LogP contribution in [0.5, 0.6) is 0 Å². The van der Waals surface area contributed by atoms with E-state index in [0.717, 1.165) is 38.5 Å². The van der Waals surface area contributed by atoms with Gasteiger partial charge in [-0.15, -0.1) is 0 Å². The Morgan fingerprint density at radius 3 is 2.14 bits per heavy atom. The molecular formula is C21H26F2O10S2. The summed E-state index contributed by atoms with van der Waals surface area (Å²) in [6.07, 6.45) is 3.66. The van der Waals surface area contributed by atoms with Crippen LogP contribution in [0.2, 0.25) is 0 Å². The van der Waals surface area contributed by atoms with Gasteiger partial charge in [0.05, 0.1) is 11.3 Å². The molecule has 35 heavy (non-hydrogen) atoms. The molecule has 0 aromatic heterocycles. The van der Waals surface area contributed by atoms with Crippen LogP contribution < -0.4 is 0 Å². The predicted octanol–water partition coefficient (Wildman–Crippen LogP) is 1.50. The molecule has 1 saturated heterocycles. The average molecular weight is 541 g/mol. The van der Waals surface area contributed by atoms with Gasteiger partial charge in [0.1, 0.15) is 17.5 Å². The summed E-state index contributed by atoms with van der Waals surface area (Å²) in [7, 11) is -10.1. The molecule has 6 bridgehead atoms. The summed E-state index contributed by atoms with van der Waals surface area (Å²) < 4.78 is 98.4. The lowest BCUT2D eigenvalue weighted by Crippen LogP contribution is -2.53. The molecule has 7 rings (SSSR count). The van der Waals surface area contributed by atoms with Crippen molar-refractivity contribution in [2.24, 2.45) is 40.9 Å². The van der Waals surface area contributed by atoms with Gasteiger partial charge in [-0.25, -0.2) is 0 Å². The molecule has 6 saturated carbocycles. The van der Waals surface area contributed by atoms with Crippen molar-refractivity contribution in [3.63, 3.8) is 0 Å². The summed E-state index contributed by atoms with van der Waals surface area (Å²) in [6.45, 7) is -1.96. The first-order chi connectivity index (χ1) is 16.2. The number of carbonyl (C=O) groups is 2. The van der Waals surface area contributed by atoms with E-state index >= 15 is 0 Å². The topological polar surface area (TPSA) is 150 Å². The molecule has 6 unspecified atom stereocenters. The zero-order valence-corrected chi connectivity index (χ0v) is 20.2. The Morgan fingerprint density at radius 2 is 1.60 bits per heavy atom. The first-order valence-electron chi connectivity index (χ1n) is 11.9. The Balaban J connectivity index is 1.22. The van der Waals surface area contributed by atoms with Crippen molar-refractivity contribution >= 4 is 32.2 Å². The van der Waals surface area contributed by atoms with Crippen LogP contribution in [-0.4, -0.2) is 62.6 Å². The van der Waals surface area contributed by atoms with Crippen LogP contribution in [-0.2, 0) is 43.5 Å². The number of halogens is 2. The second-order valence-corrected chi connectivity index (χ2v) is 14.7. The number of ether oxygens (including phenoxy) is 2. The molecule has 14 heteroatoms. The molecule has 0 aromatic carbocycles. The van der Waals surface area contributed by atoms with Gasteiger partial charge in [0.2, 0.25) is 0 Å². The third-order valence-electron chi connectivity index (χ3n) is 9.27. The average Bonchev–Trinajstić information content (AvgIpc) is 3.33. The van der Waals surface area contributed by atoms with Crippen molar-refractivity contribution in [1.82, 2.24) is 0 Å². The summed E-state index contributed by atoms with van der Waals surface area (Å²) in [4.78, 5) is 26.2. The maximum absolute atomic E-state index is 13.6. The molecule has 1 aliphatic heterocycles. The Morgan fingerprint density at radius 1 is 1.03 bits per heavy atom. The van der Waals surface area contributed by atoms with E-state index in [2.05, 4.69) is 4.74 Å². The van der Waals surface area contributed by atoms with E-state index in [1.807, 2.05) is 0 Å². The molecule has 0 aromatic rings. The van der Waals surface area contributed by atoms with Crippen LogP contribution in [0.4, 0.5) is 8.78 Å². The molecule has 1 N–H and O–H groups in total. The van der Waals surface area contributed by atoms with E-state index in [-0.39, 0.29) is 6.42 Å². The molecule has 0 spiro atoms. The van der Waals surface area contributed by atoms with Gasteiger partial charge in [0.15, 0.2) is 6.61 Å². The van der Waals surface area contributed by atoms with Crippen molar-refractivity contribution in [2.75, 3.05) is 6.61 Å². The zero-order chi connectivity index (χ0) is 25.1. The van der Waals surface area contributed by atoms with Gasteiger partial charge < -0.3 is 9.47 Å². The Kier molecular flexibility index (Phi) is 5.04. The van der Waals surface area contributed by atoms with Gasteiger partial charge in [-0.05, 0) is 62.7 Å². The Bertz CT molecular complexity index is 1150. The highest BCUT2D eigenvalue weighted by molar-refractivity contribution is 7.87. The fourth-order valence-electron chi connectivity index (χ4n) is 8.39. The molecule has 7 aliphatic rings. The van der Waals surface area contributed by atoms with Crippen LogP contribution >= 0.6 is 0 Å². The third-order valence-corrected chi connectivity index (χ3v) is 11.9. The predicted molar refractivity (Wildman–Crippen MR) is 111 cm³/mol. The lowest BCUT2D eigenvalue weighted by atomic mass is 9.49. The van der Waals surface area contributed by atoms with E-state index < -0.39 is 84.7 Å². The Labute approximate surface area is 200 Å². The van der Waals surface area contributed by atoms with E-state index in [0.29, 0.717) is 17.8 Å². The molecule has 6 aliphatic carbocycles. The maximum atomic E-state index is 13.6. The van der Waals surface area contributed by atoms with E-state index in [4.69, 9.17) is 13.5 Å². The van der Waals surface area contributed by atoms with Gasteiger partial charge in [-0.3, -0.25) is 18.3 Å². The third kappa shape index (κ3) is 3.49. The van der Waals surface area contributed by atoms with Gasteiger partial charge in [0.25, 0.3) is 10.1 Å². The number of esters is 2. The normalized spacial score (nSPS) is 46.7. The minimum Gasteiger partial charge on any atom is -0.459 e. The highest BCUT2D eigenvalue weighted by Crippen LogP contribution is 2.62. The Hall–Kier alpha value is -1.38. The van der Waals surface area contributed by atoms with Gasteiger partial charge >= 0.3 is 27.3 Å². The molecule has 7 fully saturated rings. The second kappa shape index (κ2) is 7.35. The quantitative estimate of drug-likeness (QED) is 0.298. The van der Waals surface area contributed by atoms with Crippen LogP contribution in [0.15, 0.2) is 0 Å². The second-order valence-electron chi connectivity index (χ2n) is 11.4. The lowest BCUT2D eigenvalue weighted by molar-refractivity contribution is -0.186. The summed E-state index contributed by atoms with van der Waals surface area (Å²) in [5.74, 6) is -3.31. The molecular weight excluding hydrogens is 514 g/mol. The van der Waals surface area contributed by atoms with E-state index in [9.17, 15) is 35.2 Å². The molecule has 6 atom stereocenters. The number of fused-ring (bicyclic) bond motifs is 1.